The number of hydrogen-bond acceptors (Lipinski definition) is 2. The molecule has 0 saturated carbocycles. The van der Waals surface area contributed by atoms with Crippen LogP contribution < -0.4 is 5.32 Å². The number of hydrogen-bond donors (Lipinski definition) is 2. The Bertz CT molecular complexity index is 441. The van der Waals surface area contributed by atoms with E-state index in [0.29, 0.717) is 6.42 Å². The highest BCUT2D eigenvalue weighted by Gasteiger charge is 2.04. The standard InChI is InChI=1S/C14H19NO3/c1-10-6-7-12(11(2)8-10)4-3-5-13(16)15-9-14(17)18/h6-8H,3-5,9H2,1-2H3,(H,15,16)(H,17,18). The van der Waals surface area contributed by atoms with Crippen molar-refractivity contribution in [2.75, 3.05) is 6.54 Å². The van der Waals surface area contributed by atoms with Gasteiger partial charge in [0.15, 0.2) is 0 Å². The van der Waals surface area contributed by atoms with Crippen molar-refractivity contribution in [2.45, 2.75) is 33.1 Å². The Balaban J connectivity index is 2.33. The maximum absolute atomic E-state index is 11.3. The number of aryl methyl sites for hydroxylation is 3. The van der Waals surface area contributed by atoms with Gasteiger partial charge < -0.3 is 10.4 Å². The lowest BCUT2D eigenvalue weighted by Gasteiger charge is -2.07. The molecule has 0 aliphatic carbocycles. The summed E-state index contributed by atoms with van der Waals surface area (Å²) in [5, 5.41) is 10.8. The van der Waals surface area contributed by atoms with Crippen molar-refractivity contribution in [3.63, 3.8) is 0 Å². The predicted molar refractivity (Wildman–Crippen MR) is 69.5 cm³/mol. The summed E-state index contributed by atoms with van der Waals surface area (Å²) >= 11 is 0. The molecule has 0 aromatic heterocycles. The third-order valence-corrected chi connectivity index (χ3v) is 2.78. The molecule has 0 aliphatic rings. The van der Waals surface area contributed by atoms with E-state index in [1.165, 1.54) is 16.7 Å². The molecule has 0 radical (unpaired) electrons. The lowest BCUT2D eigenvalue weighted by molar-refractivity contribution is -0.137. The molecule has 18 heavy (non-hydrogen) atoms. The fourth-order valence-corrected chi connectivity index (χ4v) is 1.83. The van der Waals surface area contributed by atoms with E-state index in [-0.39, 0.29) is 12.5 Å². The molecule has 2 N–H and O–H groups in total. The van der Waals surface area contributed by atoms with Crippen LogP contribution in [-0.4, -0.2) is 23.5 Å². The van der Waals surface area contributed by atoms with Gasteiger partial charge in [0.05, 0.1) is 0 Å². The molecule has 1 amide bonds. The Labute approximate surface area is 107 Å². The highest BCUT2D eigenvalue weighted by Crippen LogP contribution is 2.13. The van der Waals surface area contributed by atoms with Gasteiger partial charge >= 0.3 is 5.97 Å². The Hall–Kier alpha value is -1.84. The molecule has 1 rings (SSSR count). The fraction of sp³-hybridized carbons (Fsp3) is 0.429. The molecule has 4 heteroatoms. The Morgan fingerprint density at radius 1 is 1.28 bits per heavy atom. The molecular formula is C14H19NO3. The number of rotatable bonds is 6. The third-order valence-electron chi connectivity index (χ3n) is 2.78. The second-order valence-corrected chi connectivity index (χ2v) is 4.45. The van der Waals surface area contributed by atoms with Crippen molar-refractivity contribution in [2.24, 2.45) is 0 Å². The largest absolute Gasteiger partial charge is 0.480 e. The van der Waals surface area contributed by atoms with Crippen LogP contribution in [0.5, 0.6) is 0 Å². The molecule has 0 bridgehead atoms. The molecule has 98 valence electrons. The Kier molecular flexibility index (Phi) is 5.36. The first-order chi connectivity index (χ1) is 8.49. The summed E-state index contributed by atoms with van der Waals surface area (Å²) in [5.41, 5.74) is 3.71. The number of nitrogens with one attached hydrogen (secondary N) is 1. The number of carbonyl (C=O) groups excluding carboxylic acids is 1. The molecule has 0 aliphatic heterocycles. The van der Waals surface area contributed by atoms with Crippen molar-refractivity contribution in [1.29, 1.82) is 0 Å². The van der Waals surface area contributed by atoms with E-state index >= 15 is 0 Å². The van der Waals surface area contributed by atoms with Gasteiger partial charge in [-0.2, -0.15) is 0 Å². The summed E-state index contributed by atoms with van der Waals surface area (Å²) in [5.74, 6) is -1.22. The molecule has 0 fully saturated rings. The van der Waals surface area contributed by atoms with E-state index < -0.39 is 5.97 Å². The monoisotopic (exact) mass is 249 g/mol. The van der Waals surface area contributed by atoms with E-state index in [1.54, 1.807) is 0 Å². The summed E-state index contributed by atoms with van der Waals surface area (Å²) in [7, 11) is 0. The molecule has 4 nitrogen and oxygen atoms in total. The molecule has 0 heterocycles. The number of carbonyl (C=O) groups is 2. The average Bonchev–Trinajstić information content (AvgIpc) is 2.29. The van der Waals surface area contributed by atoms with E-state index in [2.05, 4.69) is 37.4 Å². The van der Waals surface area contributed by atoms with Crippen molar-refractivity contribution in [1.82, 2.24) is 5.32 Å². The first-order valence-corrected chi connectivity index (χ1v) is 6.03. The van der Waals surface area contributed by atoms with Crippen LogP contribution in [0.1, 0.15) is 29.5 Å². The van der Waals surface area contributed by atoms with Crippen molar-refractivity contribution < 1.29 is 14.7 Å². The smallest absolute Gasteiger partial charge is 0.322 e. The SMILES string of the molecule is Cc1ccc(CCCC(=O)NCC(=O)O)c(C)c1. The quantitative estimate of drug-likeness (QED) is 0.808. The molecule has 0 atom stereocenters. The first kappa shape index (κ1) is 14.2. The first-order valence-electron chi connectivity index (χ1n) is 6.03. The number of carboxylic acid groups (broad SMARTS) is 1. The second-order valence-electron chi connectivity index (χ2n) is 4.45. The van der Waals surface area contributed by atoms with E-state index in [1.807, 2.05) is 0 Å². The van der Waals surface area contributed by atoms with Crippen LogP contribution in [0, 0.1) is 13.8 Å². The minimum atomic E-state index is -1.02. The molecule has 1 aromatic rings. The normalized spacial score (nSPS) is 10.1. The van der Waals surface area contributed by atoms with E-state index in [9.17, 15) is 9.59 Å². The van der Waals surface area contributed by atoms with Crippen LogP contribution in [0.3, 0.4) is 0 Å². The van der Waals surface area contributed by atoms with Gasteiger partial charge in [-0.3, -0.25) is 9.59 Å². The lowest BCUT2D eigenvalue weighted by atomic mass is 10.0. The van der Waals surface area contributed by atoms with Gasteiger partial charge in [-0.25, -0.2) is 0 Å². The second kappa shape index (κ2) is 6.79. The minimum absolute atomic E-state index is 0.206. The summed E-state index contributed by atoms with van der Waals surface area (Å²) in [6.07, 6.45) is 1.93. The van der Waals surface area contributed by atoms with Gasteiger partial charge in [0.1, 0.15) is 6.54 Å². The van der Waals surface area contributed by atoms with E-state index in [0.717, 1.165) is 12.8 Å². The summed E-state index contributed by atoms with van der Waals surface area (Å²) in [4.78, 5) is 21.6. The lowest BCUT2D eigenvalue weighted by Crippen LogP contribution is -2.29. The zero-order chi connectivity index (χ0) is 13.5. The van der Waals surface area contributed by atoms with Gasteiger partial charge in [-0.1, -0.05) is 23.8 Å². The fourth-order valence-electron chi connectivity index (χ4n) is 1.83. The summed E-state index contributed by atoms with van der Waals surface area (Å²) < 4.78 is 0. The maximum Gasteiger partial charge on any atom is 0.322 e. The summed E-state index contributed by atoms with van der Waals surface area (Å²) in [6.45, 7) is 3.81. The number of carboxylic acids is 1. The van der Waals surface area contributed by atoms with Crippen LogP contribution in [0.4, 0.5) is 0 Å². The topological polar surface area (TPSA) is 66.4 Å². The minimum Gasteiger partial charge on any atom is -0.480 e. The van der Waals surface area contributed by atoms with E-state index in [4.69, 9.17) is 5.11 Å². The average molecular weight is 249 g/mol. The van der Waals surface area contributed by atoms with Crippen molar-refractivity contribution >= 4 is 11.9 Å². The van der Waals surface area contributed by atoms with Crippen LogP contribution in [-0.2, 0) is 16.0 Å². The number of amides is 1. The van der Waals surface area contributed by atoms with Crippen LogP contribution >= 0.6 is 0 Å². The van der Waals surface area contributed by atoms with Crippen LogP contribution in [0.2, 0.25) is 0 Å². The van der Waals surface area contributed by atoms with Gasteiger partial charge in [0.2, 0.25) is 5.91 Å². The zero-order valence-electron chi connectivity index (χ0n) is 10.8. The van der Waals surface area contributed by atoms with Gasteiger partial charge in [0, 0.05) is 6.42 Å². The predicted octanol–water partition coefficient (Wildman–Crippen LogP) is 1.83. The Morgan fingerprint density at radius 2 is 2.00 bits per heavy atom. The van der Waals surface area contributed by atoms with Crippen molar-refractivity contribution in [3.8, 4) is 0 Å². The molecule has 0 spiro atoms. The van der Waals surface area contributed by atoms with Gasteiger partial charge in [-0.15, -0.1) is 0 Å². The summed E-state index contributed by atoms with van der Waals surface area (Å²) in [6, 6.07) is 6.27. The third kappa shape index (κ3) is 4.99. The van der Waals surface area contributed by atoms with Crippen LogP contribution in [0.15, 0.2) is 18.2 Å². The highest BCUT2D eigenvalue weighted by molar-refractivity contribution is 5.81. The Morgan fingerprint density at radius 3 is 2.61 bits per heavy atom. The molecule has 0 saturated heterocycles. The maximum atomic E-state index is 11.3. The molecular weight excluding hydrogens is 230 g/mol. The highest BCUT2D eigenvalue weighted by atomic mass is 16.4. The zero-order valence-corrected chi connectivity index (χ0v) is 10.8. The molecule has 0 unspecified atom stereocenters. The molecule has 1 aromatic carbocycles. The number of aliphatic carboxylic acids is 1. The van der Waals surface area contributed by atoms with Gasteiger partial charge in [-0.05, 0) is 37.8 Å². The number of benzene rings is 1. The van der Waals surface area contributed by atoms with Crippen LogP contribution in [0.25, 0.3) is 0 Å². The van der Waals surface area contributed by atoms with Gasteiger partial charge in [0.25, 0.3) is 0 Å². The van der Waals surface area contributed by atoms with Crippen molar-refractivity contribution in [3.05, 3.63) is 34.9 Å².